The lowest BCUT2D eigenvalue weighted by Gasteiger charge is -2.36. The average molecular weight is 235 g/mol. The predicted octanol–water partition coefficient (Wildman–Crippen LogP) is 0.114. The van der Waals surface area contributed by atoms with Crippen LogP contribution in [-0.2, 0) is 6.54 Å². The molecule has 0 bridgehead atoms. The Morgan fingerprint density at radius 2 is 2.00 bits per heavy atom. The first-order valence-electron chi connectivity index (χ1n) is 6.05. The molecule has 1 aromatic rings. The van der Waals surface area contributed by atoms with Gasteiger partial charge in [-0.15, -0.1) is 0 Å². The molecule has 2 rings (SSSR count). The second-order valence-corrected chi connectivity index (χ2v) is 4.74. The van der Waals surface area contributed by atoms with Gasteiger partial charge in [0.1, 0.15) is 5.82 Å². The molecule has 1 fully saturated rings. The maximum absolute atomic E-state index is 4.49. The van der Waals surface area contributed by atoms with Crippen molar-refractivity contribution in [1.82, 2.24) is 25.1 Å². The number of nitrogens with zero attached hydrogens (tertiary/aromatic N) is 4. The first-order valence-corrected chi connectivity index (χ1v) is 6.05. The first kappa shape index (κ1) is 12.4. The van der Waals surface area contributed by atoms with Crippen LogP contribution >= 0.6 is 0 Å². The van der Waals surface area contributed by atoms with Gasteiger partial charge in [-0.05, 0) is 21.1 Å². The van der Waals surface area contributed by atoms with Gasteiger partial charge < -0.3 is 10.2 Å². The molecule has 5 heteroatoms. The SMILES string of the molecule is CNCc1cnc(C2CN(C)CCN2C)nc1. The van der Waals surface area contributed by atoms with Gasteiger partial charge in [-0.25, -0.2) is 9.97 Å². The summed E-state index contributed by atoms with van der Waals surface area (Å²) in [5, 5.41) is 3.10. The Morgan fingerprint density at radius 1 is 1.29 bits per heavy atom. The molecule has 94 valence electrons. The van der Waals surface area contributed by atoms with Crippen LogP contribution in [0, 0.1) is 0 Å². The van der Waals surface area contributed by atoms with Crippen molar-refractivity contribution < 1.29 is 0 Å². The fourth-order valence-corrected chi connectivity index (χ4v) is 2.12. The van der Waals surface area contributed by atoms with Crippen LogP contribution < -0.4 is 5.32 Å². The number of likely N-dealkylation sites (N-methyl/N-ethyl adjacent to an activating group) is 2. The molecule has 1 unspecified atom stereocenters. The largest absolute Gasteiger partial charge is 0.316 e. The Morgan fingerprint density at radius 3 is 2.65 bits per heavy atom. The van der Waals surface area contributed by atoms with Gasteiger partial charge in [0.15, 0.2) is 0 Å². The van der Waals surface area contributed by atoms with Crippen LogP contribution in [0.2, 0.25) is 0 Å². The van der Waals surface area contributed by atoms with Crippen molar-refractivity contribution >= 4 is 0 Å². The number of piperazine rings is 1. The van der Waals surface area contributed by atoms with E-state index in [2.05, 4.69) is 39.2 Å². The van der Waals surface area contributed by atoms with Crippen molar-refractivity contribution in [2.24, 2.45) is 0 Å². The summed E-state index contributed by atoms with van der Waals surface area (Å²) < 4.78 is 0. The van der Waals surface area contributed by atoms with Gasteiger partial charge in [0, 0.05) is 44.1 Å². The van der Waals surface area contributed by atoms with E-state index < -0.39 is 0 Å². The summed E-state index contributed by atoms with van der Waals surface area (Å²) >= 11 is 0. The molecular formula is C12H21N5. The molecular weight excluding hydrogens is 214 g/mol. The topological polar surface area (TPSA) is 44.3 Å². The lowest BCUT2D eigenvalue weighted by molar-refractivity contribution is 0.109. The van der Waals surface area contributed by atoms with Crippen molar-refractivity contribution in [1.29, 1.82) is 0 Å². The van der Waals surface area contributed by atoms with E-state index in [0.717, 1.165) is 37.6 Å². The molecule has 0 spiro atoms. The van der Waals surface area contributed by atoms with Crippen molar-refractivity contribution in [3.05, 3.63) is 23.8 Å². The fraction of sp³-hybridized carbons (Fsp3) is 0.667. The highest BCUT2D eigenvalue weighted by Gasteiger charge is 2.25. The first-order chi connectivity index (χ1) is 8.20. The Hall–Kier alpha value is -1.04. The third-order valence-corrected chi connectivity index (χ3v) is 3.26. The minimum absolute atomic E-state index is 0.317. The van der Waals surface area contributed by atoms with E-state index in [9.17, 15) is 0 Å². The third kappa shape index (κ3) is 3.00. The summed E-state index contributed by atoms with van der Waals surface area (Å²) in [5.41, 5.74) is 1.13. The van der Waals surface area contributed by atoms with Gasteiger partial charge in [0.05, 0.1) is 6.04 Å². The summed E-state index contributed by atoms with van der Waals surface area (Å²) in [7, 11) is 6.22. The van der Waals surface area contributed by atoms with Gasteiger partial charge in [0.25, 0.3) is 0 Å². The standard InChI is InChI=1S/C12H21N5/c1-13-6-10-7-14-12(15-8-10)11-9-16(2)4-5-17(11)3/h7-8,11,13H,4-6,9H2,1-3H3. The molecule has 1 aromatic heterocycles. The Labute approximate surface area is 103 Å². The predicted molar refractivity (Wildman–Crippen MR) is 67.7 cm³/mol. The second-order valence-electron chi connectivity index (χ2n) is 4.74. The molecule has 0 aliphatic carbocycles. The molecule has 0 saturated carbocycles. The lowest BCUT2D eigenvalue weighted by Crippen LogP contribution is -2.45. The van der Waals surface area contributed by atoms with Gasteiger partial charge >= 0.3 is 0 Å². The maximum Gasteiger partial charge on any atom is 0.146 e. The molecule has 1 atom stereocenters. The molecule has 0 aromatic carbocycles. The molecule has 1 aliphatic heterocycles. The van der Waals surface area contributed by atoms with E-state index in [0.29, 0.717) is 6.04 Å². The highest BCUT2D eigenvalue weighted by atomic mass is 15.3. The molecule has 0 amide bonds. The van der Waals surface area contributed by atoms with Crippen molar-refractivity contribution in [2.45, 2.75) is 12.6 Å². The third-order valence-electron chi connectivity index (χ3n) is 3.26. The number of aromatic nitrogens is 2. The molecule has 0 radical (unpaired) electrons. The molecule has 1 saturated heterocycles. The highest BCUT2D eigenvalue weighted by Crippen LogP contribution is 2.19. The van der Waals surface area contributed by atoms with Crippen molar-refractivity contribution in [3.8, 4) is 0 Å². The quantitative estimate of drug-likeness (QED) is 0.806. The summed E-state index contributed by atoms with van der Waals surface area (Å²) in [6.07, 6.45) is 3.84. The van der Waals surface area contributed by atoms with E-state index in [4.69, 9.17) is 0 Å². The highest BCUT2D eigenvalue weighted by molar-refractivity contribution is 5.07. The number of hydrogen-bond acceptors (Lipinski definition) is 5. The normalized spacial score (nSPS) is 22.9. The van der Waals surface area contributed by atoms with E-state index in [1.165, 1.54) is 0 Å². The zero-order chi connectivity index (χ0) is 12.3. The summed E-state index contributed by atoms with van der Waals surface area (Å²) in [6, 6.07) is 0.317. The number of nitrogens with one attached hydrogen (secondary N) is 1. The monoisotopic (exact) mass is 235 g/mol. The Bertz CT molecular complexity index is 350. The summed E-state index contributed by atoms with van der Waals surface area (Å²) in [6.45, 7) is 4.01. The molecule has 1 aliphatic rings. The average Bonchev–Trinajstić information content (AvgIpc) is 2.34. The fourth-order valence-electron chi connectivity index (χ4n) is 2.12. The van der Waals surface area contributed by atoms with Crippen LogP contribution in [-0.4, -0.2) is 60.5 Å². The molecule has 2 heterocycles. The smallest absolute Gasteiger partial charge is 0.146 e. The minimum Gasteiger partial charge on any atom is -0.316 e. The molecule has 17 heavy (non-hydrogen) atoms. The lowest BCUT2D eigenvalue weighted by atomic mass is 10.1. The van der Waals surface area contributed by atoms with Crippen molar-refractivity contribution in [2.75, 3.05) is 40.8 Å². The van der Waals surface area contributed by atoms with Crippen LogP contribution in [0.15, 0.2) is 12.4 Å². The van der Waals surface area contributed by atoms with Crippen LogP contribution in [0.3, 0.4) is 0 Å². The van der Waals surface area contributed by atoms with Gasteiger partial charge in [0.2, 0.25) is 0 Å². The number of hydrogen-bond donors (Lipinski definition) is 1. The summed E-state index contributed by atoms with van der Waals surface area (Å²) in [5.74, 6) is 0.930. The second kappa shape index (κ2) is 5.53. The van der Waals surface area contributed by atoms with E-state index in [1.54, 1.807) is 0 Å². The van der Waals surface area contributed by atoms with Crippen LogP contribution in [0.25, 0.3) is 0 Å². The van der Waals surface area contributed by atoms with Crippen LogP contribution in [0.5, 0.6) is 0 Å². The molecule has 5 nitrogen and oxygen atoms in total. The van der Waals surface area contributed by atoms with Gasteiger partial charge in [-0.1, -0.05) is 0 Å². The van der Waals surface area contributed by atoms with Crippen molar-refractivity contribution in [3.63, 3.8) is 0 Å². The zero-order valence-electron chi connectivity index (χ0n) is 10.8. The number of rotatable bonds is 3. The summed E-state index contributed by atoms with van der Waals surface area (Å²) in [4.78, 5) is 13.6. The van der Waals surface area contributed by atoms with Crippen LogP contribution in [0.1, 0.15) is 17.4 Å². The van der Waals surface area contributed by atoms with Gasteiger partial charge in [-0.3, -0.25) is 4.90 Å². The van der Waals surface area contributed by atoms with E-state index in [-0.39, 0.29) is 0 Å². The van der Waals surface area contributed by atoms with Crippen LogP contribution in [0.4, 0.5) is 0 Å². The van der Waals surface area contributed by atoms with E-state index >= 15 is 0 Å². The Balaban J connectivity index is 2.10. The van der Waals surface area contributed by atoms with Gasteiger partial charge in [-0.2, -0.15) is 0 Å². The zero-order valence-corrected chi connectivity index (χ0v) is 10.8. The molecule has 1 N–H and O–H groups in total. The van der Waals surface area contributed by atoms with E-state index in [1.807, 2.05) is 19.4 Å². The maximum atomic E-state index is 4.49. The minimum atomic E-state index is 0.317. The Kier molecular flexibility index (Phi) is 4.04.